The lowest BCUT2D eigenvalue weighted by molar-refractivity contribution is -0.148. The van der Waals surface area contributed by atoms with Gasteiger partial charge >= 0.3 is 6.18 Å². The number of nitrogens with one attached hydrogen (secondary N) is 3. The highest BCUT2D eigenvalue weighted by molar-refractivity contribution is 6.01. The molecule has 0 unspecified atom stereocenters. The van der Waals surface area contributed by atoms with Gasteiger partial charge in [0.05, 0.1) is 24.8 Å². The Bertz CT molecular complexity index is 922. The number of pyridine rings is 1. The van der Waals surface area contributed by atoms with Gasteiger partial charge in [0.25, 0.3) is 0 Å². The van der Waals surface area contributed by atoms with E-state index in [9.17, 15) is 13.2 Å². The maximum atomic E-state index is 12.7. The van der Waals surface area contributed by atoms with Crippen molar-refractivity contribution >= 4 is 22.1 Å². The number of hydrazine groups is 1. The molecule has 0 bridgehead atoms. The summed E-state index contributed by atoms with van der Waals surface area (Å²) in [6, 6.07) is 2.07. The number of aromatic nitrogens is 4. The number of fused-ring (bicyclic) bond motifs is 3. The average Bonchev–Trinajstić information content (AvgIpc) is 3.22. The Morgan fingerprint density at radius 1 is 1.30 bits per heavy atom. The Labute approximate surface area is 153 Å². The highest BCUT2D eigenvalue weighted by Gasteiger charge is 2.33. The molecule has 4 heterocycles. The van der Waals surface area contributed by atoms with Gasteiger partial charge in [0, 0.05) is 30.7 Å². The molecule has 0 atom stereocenters. The molecule has 146 valence electrons. The first kappa shape index (κ1) is 18.2. The monoisotopic (exact) mass is 381 g/mol. The maximum absolute atomic E-state index is 12.7. The van der Waals surface area contributed by atoms with Crippen molar-refractivity contribution in [3.05, 3.63) is 24.3 Å². The van der Waals surface area contributed by atoms with E-state index in [0.29, 0.717) is 32.5 Å². The van der Waals surface area contributed by atoms with Crippen LogP contribution in [0.3, 0.4) is 0 Å². The van der Waals surface area contributed by atoms with Crippen molar-refractivity contribution in [3.8, 4) is 0 Å². The minimum absolute atomic E-state index is 0.105. The summed E-state index contributed by atoms with van der Waals surface area (Å²) in [7, 11) is 1.79. The number of imidazole rings is 1. The lowest BCUT2D eigenvalue weighted by Gasteiger charge is -2.34. The summed E-state index contributed by atoms with van der Waals surface area (Å²) in [5.41, 5.74) is 8.53. The number of rotatable bonds is 5. The molecule has 0 aliphatic carbocycles. The SMILES string of the molecule is CNNCc1nc2cnc3[nH]ccc3c2n1C1CCN(CC(F)(F)F)CC1. The van der Waals surface area contributed by atoms with E-state index in [-0.39, 0.29) is 6.04 Å². The molecule has 3 aromatic rings. The third kappa shape index (κ3) is 3.64. The number of hydrogen-bond donors (Lipinski definition) is 3. The number of halogens is 3. The van der Waals surface area contributed by atoms with Crippen LogP contribution in [-0.4, -0.2) is 57.3 Å². The summed E-state index contributed by atoms with van der Waals surface area (Å²) in [5.74, 6) is 0.851. The van der Waals surface area contributed by atoms with Crippen molar-refractivity contribution in [2.24, 2.45) is 0 Å². The minimum Gasteiger partial charge on any atom is -0.346 e. The highest BCUT2D eigenvalue weighted by Crippen LogP contribution is 2.32. The normalized spacial score (nSPS) is 17.3. The summed E-state index contributed by atoms with van der Waals surface area (Å²) in [5, 5.41) is 0.980. The number of hydrogen-bond acceptors (Lipinski definition) is 5. The molecule has 1 aliphatic heterocycles. The molecule has 1 saturated heterocycles. The second-order valence-corrected chi connectivity index (χ2v) is 6.86. The van der Waals surface area contributed by atoms with Crippen molar-refractivity contribution in [3.63, 3.8) is 0 Å². The first-order valence-corrected chi connectivity index (χ1v) is 8.98. The first-order chi connectivity index (χ1) is 13.0. The van der Waals surface area contributed by atoms with Crippen LogP contribution in [0.5, 0.6) is 0 Å². The van der Waals surface area contributed by atoms with E-state index in [4.69, 9.17) is 4.98 Å². The highest BCUT2D eigenvalue weighted by atomic mass is 19.4. The van der Waals surface area contributed by atoms with Crippen LogP contribution < -0.4 is 10.9 Å². The zero-order chi connectivity index (χ0) is 19.0. The lowest BCUT2D eigenvalue weighted by atomic mass is 10.0. The van der Waals surface area contributed by atoms with Gasteiger partial charge in [0.2, 0.25) is 0 Å². The molecule has 3 N–H and O–H groups in total. The van der Waals surface area contributed by atoms with Gasteiger partial charge in [-0.1, -0.05) is 0 Å². The number of piperidine rings is 1. The third-order valence-electron chi connectivity index (χ3n) is 5.06. The molecule has 1 aliphatic rings. The number of alkyl halides is 3. The van der Waals surface area contributed by atoms with Crippen LogP contribution in [0.25, 0.3) is 22.1 Å². The van der Waals surface area contributed by atoms with Gasteiger partial charge < -0.3 is 9.55 Å². The number of H-pyrrole nitrogens is 1. The van der Waals surface area contributed by atoms with Gasteiger partial charge in [0.15, 0.2) is 0 Å². The average molecular weight is 381 g/mol. The zero-order valence-electron chi connectivity index (χ0n) is 15.0. The standard InChI is InChI=1S/C17H22F3N7/c1-21-24-9-14-25-13-8-23-16-12(2-5-22-16)15(13)27(14)11-3-6-26(7-4-11)10-17(18,19)20/h2,5,8,11,21,24H,3-4,6-7,9-10H2,1H3,(H,22,23). The fourth-order valence-electron chi connectivity index (χ4n) is 3.91. The van der Waals surface area contributed by atoms with Crippen LogP contribution in [0.2, 0.25) is 0 Å². The molecular formula is C17H22F3N7. The quantitative estimate of drug-likeness (QED) is 0.592. The molecular weight excluding hydrogens is 359 g/mol. The molecule has 0 radical (unpaired) electrons. The molecule has 10 heteroatoms. The van der Waals surface area contributed by atoms with E-state index in [2.05, 4.69) is 25.4 Å². The second-order valence-electron chi connectivity index (χ2n) is 6.86. The van der Waals surface area contributed by atoms with Crippen LogP contribution in [0, 0.1) is 0 Å². The third-order valence-corrected chi connectivity index (χ3v) is 5.06. The molecule has 0 spiro atoms. The Morgan fingerprint density at radius 2 is 2.07 bits per heavy atom. The van der Waals surface area contributed by atoms with Gasteiger partial charge in [0.1, 0.15) is 17.0 Å². The zero-order valence-corrected chi connectivity index (χ0v) is 15.0. The molecule has 3 aromatic heterocycles. The number of nitrogens with zero attached hydrogens (tertiary/aromatic N) is 4. The smallest absolute Gasteiger partial charge is 0.346 e. The fraction of sp³-hybridized carbons (Fsp3) is 0.529. The van der Waals surface area contributed by atoms with Crippen molar-refractivity contribution in [1.29, 1.82) is 0 Å². The Morgan fingerprint density at radius 3 is 2.78 bits per heavy atom. The van der Waals surface area contributed by atoms with Gasteiger partial charge in [-0.3, -0.25) is 15.8 Å². The molecule has 0 amide bonds. The molecule has 4 rings (SSSR count). The molecule has 0 aromatic carbocycles. The van der Waals surface area contributed by atoms with Crippen molar-refractivity contribution in [2.75, 3.05) is 26.7 Å². The molecule has 7 nitrogen and oxygen atoms in total. The Hall–Kier alpha value is -2.17. The predicted octanol–water partition coefficient (Wildman–Crippen LogP) is 2.34. The second kappa shape index (κ2) is 7.10. The first-order valence-electron chi connectivity index (χ1n) is 8.98. The van der Waals surface area contributed by atoms with Gasteiger partial charge in [-0.2, -0.15) is 13.2 Å². The van der Waals surface area contributed by atoms with Crippen molar-refractivity contribution < 1.29 is 13.2 Å². The van der Waals surface area contributed by atoms with E-state index >= 15 is 0 Å². The van der Waals surface area contributed by atoms with Crippen LogP contribution >= 0.6 is 0 Å². The summed E-state index contributed by atoms with van der Waals surface area (Å²) < 4.78 is 40.2. The van der Waals surface area contributed by atoms with Crippen LogP contribution in [0.15, 0.2) is 18.5 Å². The minimum atomic E-state index is -4.15. The van der Waals surface area contributed by atoms with E-state index in [1.807, 2.05) is 12.3 Å². The van der Waals surface area contributed by atoms with Crippen molar-refractivity contribution in [1.82, 2.24) is 35.3 Å². The van der Waals surface area contributed by atoms with E-state index in [1.54, 1.807) is 13.2 Å². The van der Waals surface area contributed by atoms with E-state index in [0.717, 1.165) is 27.9 Å². The Kier molecular flexibility index (Phi) is 4.79. The molecule has 27 heavy (non-hydrogen) atoms. The van der Waals surface area contributed by atoms with Gasteiger partial charge in [-0.15, -0.1) is 0 Å². The fourth-order valence-corrected chi connectivity index (χ4v) is 3.91. The molecule has 1 fully saturated rings. The Balaban J connectivity index is 1.68. The summed E-state index contributed by atoms with van der Waals surface area (Å²) in [6.07, 6.45) is 0.738. The number of aromatic amines is 1. The van der Waals surface area contributed by atoms with E-state index < -0.39 is 12.7 Å². The summed E-state index contributed by atoms with van der Waals surface area (Å²) in [4.78, 5) is 13.7. The van der Waals surface area contributed by atoms with Crippen LogP contribution in [0.1, 0.15) is 24.7 Å². The molecule has 0 saturated carbocycles. The van der Waals surface area contributed by atoms with Gasteiger partial charge in [-0.25, -0.2) is 9.97 Å². The number of likely N-dealkylation sites (tertiary alicyclic amines) is 1. The van der Waals surface area contributed by atoms with Crippen LogP contribution in [-0.2, 0) is 6.54 Å². The van der Waals surface area contributed by atoms with Crippen LogP contribution in [0.4, 0.5) is 13.2 Å². The topological polar surface area (TPSA) is 73.8 Å². The van der Waals surface area contributed by atoms with E-state index in [1.165, 1.54) is 4.90 Å². The summed E-state index contributed by atoms with van der Waals surface area (Å²) in [6.45, 7) is 0.513. The maximum Gasteiger partial charge on any atom is 0.401 e. The largest absolute Gasteiger partial charge is 0.401 e. The predicted molar refractivity (Wildman–Crippen MR) is 96.1 cm³/mol. The van der Waals surface area contributed by atoms with Crippen molar-refractivity contribution in [2.45, 2.75) is 31.6 Å². The summed E-state index contributed by atoms with van der Waals surface area (Å²) >= 11 is 0. The lowest BCUT2D eigenvalue weighted by Crippen LogP contribution is -2.41. The van der Waals surface area contributed by atoms with Gasteiger partial charge in [-0.05, 0) is 26.0 Å².